The summed E-state index contributed by atoms with van der Waals surface area (Å²) in [5.41, 5.74) is 6.69. The summed E-state index contributed by atoms with van der Waals surface area (Å²) in [5, 5.41) is 2.05. The fourth-order valence-corrected chi connectivity index (χ4v) is 2.53. The number of nitrogens with two attached hydrogens (primary N) is 1. The van der Waals surface area contributed by atoms with Crippen LogP contribution in [0.2, 0.25) is 0 Å². The highest BCUT2D eigenvalue weighted by Crippen LogP contribution is 2.23. The van der Waals surface area contributed by atoms with Crippen LogP contribution in [0.25, 0.3) is 10.7 Å². The van der Waals surface area contributed by atoms with Gasteiger partial charge in [-0.15, -0.1) is 11.3 Å². The van der Waals surface area contributed by atoms with Crippen molar-refractivity contribution in [2.75, 3.05) is 5.73 Å². The van der Waals surface area contributed by atoms with E-state index in [1.807, 2.05) is 30.6 Å². The second-order valence-electron chi connectivity index (χ2n) is 3.95. The summed E-state index contributed by atoms with van der Waals surface area (Å²) < 4.78 is 2.11. The number of nitrogens with zero attached hydrogens (tertiary/aromatic N) is 3. The van der Waals surface area contributed by atoms with Crippen molar-refractivity contribution >= 4 is 17.2 Å². The molecule has 3 aromatic rings. The molecule has 0 atom stereocenters. The minimum atomic E-state index is 0.544. The van der Waals surface area contributed by atoms with Crippen molar-refractivity contribution in [1.82, 2.24) is 14.5 Å². The second-order valence-corrected chi connectivity index (χ2v) is 4.90. The standard InChI is InChI=1S/C13H12N4S/c14-12-4-3-10(8-16-12)9-17-6-5-15-13(17)11-2-1-7-18-11/h1-8H,9H2,(H2,14,16). The molecule has 0 spiro atoms. The van der Waals surface area contributed by atoms with E-state index in [0.29, 0.717) is 5.82 Å². The van der Waals surface area contributed by atoms with Crippen molar-refractivity contribution in [1.29, 1.82) is 0 Å². The molecule has 0 aromatic carbocycles. The van der Waals surface area contributed by atoms with Crippen LogP contribution in [0.5, 0.6) is 0 Å². The number of imidazole rings is 1. The maximum atomic E-state index is 5.58. The number of hydrogen-bond donors (Lipinski definition) is 1. The Hall–Kier alpha value is -2.14. The molecule has 5 heteroatoms. The SMILES string of the molecule is Nc1ccc(Cn2ccnc2-c2cccs2)cn1. The van der Waals surface area contributed by atoms with Gasteiger partial charge in [-0.3, -0.25) is 0 Å². The van der Waals surface area contributed by atoms with Gasteiger partial charge in [0.2, 0.25) is 0 Å². The third-order valence-corrected chi connectivity index (χ3v) is 3.52. The molecule has 2 N–H and O–H groups in total. The van der Waals surface area contributed by atoms with Gasteiger partial charge < -0.3 is 10.3 Å². The highest BCUT2D eigenvalue weighted by molar-refractivity contribution is 7.13. The molecular formula is C13H12N4S. The Bertz CT molecular complexity index is 625. The monoisotopic (exact) mass is 256 g/mol. The molecule has 0 aliphatic rings. The third kappa shape index (κ3) is 2.12. The molecule has 0 fully saturated rings. The van der Waals surface area contributed by atoms with Gasteiger partial charge in [0.05, 0.1) is 11.4 Å². The third-order valence-electron chi connectivity index (χ3n) is 2.66. The van der Waals surface area contributed by atoms with Crippen LogP contribution in [0.3, 0.4) is 0 Å². The zero-order chi connectivity index (χ0) is 12.4. The highest BCUT2D eigenvalue weighted by atomic mass is 32.1. The average Bonchev–Trinajstić information content (AvgIpc) is 3.02. The van der Waals surface area contributed by atoms with Gasteiger partial charge in [0.25, 0.3) is 0 Å². The summed E-state index contributed by atoms with van der Waals surface area (Å²) in [7, 11) is 0. The summed E-state index contributed by atoms with van der Waals surface area (Å²) >= 11 is 1.69. The van der Waals surface area contributed by atoms with Crippen molar-refractivity contribution < 1.29 is 0 Å². The predicted octanol–water partition coefficient (Wildman–Crippen LogP) is 2.64. The maximum Gasteiger partial charge on any atom is 0.150 e. The van der Waals surface area contributed by atoms with Crippen molar-refractivity contribution in [3.05, 3.63) is 53.8 Å². The van der Waals surface area contributed by atoms with E-state index in [0.717, 1.165) is 17.9 Å². The van der Waals surface area contributed by atoms with Crippen LogP contribution in [0.1, 0.15) is 5.56 Å². The highest BCUT2D eigenvalue weighted by Gasteiger charge is 2.07. The first-order valence-corrected chi connectivity index (χ1v) is 6.46. The van der Waals surface area contributed by atoms with Gasteiger partial charge in [-0.2, -0.15) is 0 Å². The molecule has 0 saturated heterocycles. The maximum absolute atomic E-state index is 5.58. The molecule has 3 heterocycles. The first kappa shape index (κ1) is 11.0. The first-order chi connectivity index (χ1) is 8.83. The van der Waals surface area contributed by atoms with E-state index in [1.54, 1.807) is 17.5 Å². The number of hydrogen-bond acceptors (Lipinski definition) is 4. The van der Waals surface area contributed by atoms with Crippen LogP contribution in [0, 0.1) is 0 Å². The Morgan fingerprint density at radius 2 is 2.17 bits per heavy atom. The lowest BCUT2D eigenvalue weighted by atomic mass is 10.3. The minimum absolute atomic E-state index is 0.544. The average molecular weight is 256 g/mol. The number of rotatable bonds is 3. The van der Waals surface area contributed by atoms with Crippen molar-refractivity contribution in [3.63, 3.8) is 0 Å². The number of thiophene rings is 1. The topological polar surface area (TPSA) is 56.7 Å². The van der Waals surface area contributed by atoms with Crippen LogP contribution in [-0.2, 0) is 6.54 Å². The lowest BCUT2D eigenvalue weighted by Gasteiger charge is -2.06. The van der Waals surface area contributed by atoms with Gasteiger partial charge in [-0.1, -0.05) is 12.1 Å². The summed E-state index contributed by atoms with van der Waals surface area (Å²) in [4.78, 5) is 9.67. The van der Waals surface area contributed by atoms with Gasteiger partial charge in [-0.05, 0) is 23.1 Å². The second kappa shape index (κ2) is 4.62. The molecule has 0 bridgehead atoms. The molecule has 0 aliphatic carbocycles. The first-order valence-electron chi connectivity index (χ1n) is 5.58. The Kier molecular flexibility index (Phi) is 2.82. The van der Waals surface area contributed by atoms with Crippen molar-refractivity contribution in [2.45, 2.75) is 6.54 Å². The van der Waals surface area contributed by atoms with Gasteiger partial charge >= 0.3 is 0 Å². The van der Waals surface area contributed by atoms with Gasteiger partial charge in [-0.25, -0.2) is 9.97 Å². The molecule has 3 rings (SSSR count). The molecule has 0 saturated carbocycles. The summed E-state index contributed by atoms with van der Waals surface area (Å²) in [5.74, 6) is 1.53. The van der Waals surface area contributed by atoms with E-state index < -0.39 is 0 Å². The quantitative estimate of drug-likeness (QED) is 0.783. The number of nitrogen functional groups attached to an aromatic ring is 1. The molecule has 90 valence electrons. The minimum Gasteiger partial charge on any atom is -0.384 e. The molecule has 0 amide bonds. The zero-order valence-electron chi connectivity index (χ0n) is 9.65. The van der Waals surface area contributed by atoms with E-state index in [9.17, 15) is 0 Å². The Balaban J connectivity index is 1.90. The van der Waals surface area contributed by atoms with Crippen LogP contribution in [-0.4, -0.2) is 14.5 Å². The zero-order valence-corrected chi connectivity index (χ0v) is 10.5. The van der Waals surface area contributed by atoms with Crippen LogP contribution >= 0.6 is 11.3 Å². The molecular weight excluding hydrogens is 244 g/mol. The van der Waals surface area contributed by atoms with Crippen molar-refractivity contribution in [3.8, 4) is 10.7 Å². The lowest BCUT2D eigenvalue weighted by Crippen LogP contribution is -2.01. The predicted molar refractivity (Wildman–Crippen MR) is 73.3 cm³/mol. The van der Waals surface area contributed by atoms with Crippen LogP contribution < -0.4 is 5.73 Å². The number of pyridine rings is 1. The summed E-state index contributed by atoms with van der Waals surface area (Å²) in [6.07, 6.45) is 5.60. The Labute approximate surface area is 109 Å². The molecule has 3 aromatic heterocycles. The fourth-order valence-electron chi connectivity index (χ4n) is 1.79. The van der Waals surface area contributed by atoms with Crippen molar-refractivity contribution in [2.24, 2.45) is 0 Å². The summed E-state index contributed by atoms with van der Waals surface area (Å²) in [6, 6.07) is 7.91. The molecule has 0 unspecified atom stereocenters. The normalized spacial score (nSPS) is 10.7. The van der Waals surface area contributed by atoms with E-state index in [1.165, 1.54) is 4.88 Å². The number of anilines is 1. The summed E-state index contributed by atoms with van der Waals surface area (Å²) in [6.45, 7) is 0.751. The van der Waals surface area contributed by atoms with E-state index in [4.69, 9.17) is 5.73 Å². The molecule has 0 radical (unpaired) electrons. The van der Waals surface area contributed by atoms with Gasteiger partial charge in [0.15, 0.2) is 0 Å². The number of aromatic nitrogens is 3. The smallest absolute Gasteiger partial charge is 0.150 e. The largest absolute Gasteiger partial charge is 0.384 e. The fraction of sp³-hybridized carbons (Fsp3) is 0.0769. The lowest BCUT2D eigenvalue weighted by molar-refractivity contribution is 0.805. The van der Waals surface area contributed by atoms with Gasteiger partial charge in [0.1, 0.15) is 11.6 Å². The van der Waals surface area contributed by atoms with E-state index >= 15 is 0 Å². The Morgan fingerprint density at radius 3 is 2.89 bits per heavy atom. The van der Waals surface area contributed by atoms with Crippen LogP contribution in [0.4, 0.5) is 5.82 Å². The molecule has 18 heavy (non-hydrogen) atoms. The van der Waals surface area contributed by atoms with E-state index in [-0.39, 0.29) is 0 Å². The van der Waals surface area contributed by atoms with Gasteiger partial charge in [0, 0.05) is 18.6 Å². The van der Waals surface area contributed by atoms with Crippen LogP contribution in [0.15, 0.2) is 48.2 Å². The Morgan fingerprint density at radius 1 is 1.22 bits per heavy atom. The molecule has 0 aliphatic heterocycles. The van der Waals surface area contributed by atoms with E-state index in [2.05, 4.69) is 26.0 Å². The molecule has 4 nitrogen and oxygen atoms in total.